The van der Waals surface area contributed by atoms with E-state index in [0.717, 1.165) is 38.5 Å². The third kappa shape index (κ3) is 6.72. The maximum atomic E-state index is 14.1. The molecule has 5 atom stereocenters. The smallest absolute Gasteiger partial charge is 0.315 e. The number of carbonyl (C=O) groups excluding carboxylic acids is 6. The van der Waals surface area contributed by atoms with Crippen molar-refractivity contribution in [1.82, 2.24) is 25.8 Å². The second-order valence-electron chi connectivity index (χ2n) is 14.3. The third-order valence-corrected chi connectivity index (χ3v) is 9.93. The van der Waals surface area contributed by atoms with Gasteiger partial charge in [-0.25, -0.2) is 4.79 Å². The molecule has 2 aliphatic carbocycles. The monoisotopic (exact) mass is 588 g/mol. The zero-order valence-corrected chi connectivity index (χ0v) is 25.7. The van der Waals surface area contributed by atoms with Gasteiger partial charge in [-0.3, -0.25) is 24.0 Å². The predicted molar refractivity (Wildman–Crippen MR) is 155 cm³/mol. The molecular weight excluding hydrogens is 540 g/mol. The van der Waals surface area contributed by atoms with Gasteiger partial charge in [0.05, 0.1) is 12.6 Å². The highest BCUT2D eigenvalue weighted by Crippen LogP contribution is 2.65. The van der Waals surface area contributed by atoms with Crippen molar-refractivity contribution >= 4 is 35.4 Å². The number of piperidine rings is 2. The number of urea groups is 1. The molecule has 0 radical (unpaired) electrons. The molecule has 234 valence electrons. The summed E-state index contributed by atoms with van der Waals surface area (Å²) in [6.45, 7) is 11.1. The predicted octanol–water partition coefficient (Wildman–Crippen LogP) is 0.925. The van der Waals surface area contributed by atoms with Gasteiger partial charge in [0.2, 0.25) is 23.5 Å². The van der Waals surface area contributed by atoms with Crippen LogP contribution in [0.5, 0.6) is 0 Å². The maximum Gasteiger partial charge on any atom is 0.315 e. The Morgan fingerprint density at radius 1 is 0.952 bits per heavy atom. The number of hydrogen-bond acceptors (Lipinski definition) is 6. The maximum absolute atomic E-state index is 14.1. The van der Waals surface area contributed by atoms with Crippen LogP contribution >= 0.6 is 0 Å². The molecule has 2 saturated carbocycles. The van der Waals surface area contributed by atoms with Crippen molar-refractivity contribution in [2.45, 2.75) is 97.7 Å². The Hall–Kier alpha value is -3.18. The van der Waals surface area contributed by atoms with Crippen LogP contribution in [0.15, 0.2) is 0 Å². The number of carbonyl (C=O) groups is 6. The molecule has 0 aromatic carbocycles. The SMILES string of the molecule is CC(C)(C)[C@H](NC(=O)NCC(=O)N1CCCCC1)C(=O)N1C[C@H]2[C@@H]([C@H]1C(=O)NC(CC1CCC1)C(=O)C(N)=O)C2(C)C. The molecule has 12 nitrogen and oxygen atoms in total. The van der Waals surface area contributed by atoms with Crippen LogP contribution in [0.2, 0.25) is 0 Å². The first-order chi connectivity index (χ1) is 19.6. The first-order valence-electron chi connectivity index (χ1n) is 15.4. The number of fused-ring (bicyclic) bond motifs is 1. The summed E-state index contributed by atoms with van der Waals surface area (Å²) in [5, 5.41) is 8.13. The van der Waals surface area contributed by atoms with Gasteiger partial charge >= 0.3 is 6.03 Å². The lowest BCUT2D eigenvalue weighted by atomic mass is 9.80. The van der Waals surface area contributed by atoms with Crippen molar-refractivity contribution in [1.29, 1.82) is 0 Å². The molecule has 0 spiro atoms. The number of nitrogens with two attached hydrogens (primary N) is 1. The van der Waals surface area contributed by atoms with E-state index in [2.05, 4.69) is 29.8 Å². The van der Waals surface area contributed by atoms with Crippen molar-refractivity contribution in [3.05, 3.63) is 0 Å². The standard InChI is InChI=1S/C30H48N6O6/c1-29(2,3)24(34-28(42)32-15-20(37)35-12-7-6-8-13-35)27(41)36-16-18-21(30(18,4)5)22(36)26(40)33-19(23(38)25(31)39)14-17-10-9-11-17/h17-19,21-22,24H,6-16H2,1-5H3,(H2,31,39)(H,33,40)(H2,32,34,42)/t18-,19?,21-,22-,24+/m0/s1. The van der Waals surface area contributed by atoms with Crippen LogP contribution in [-0.2, 0) is 24.0 Å². The Morgan fingerprint density at radius 2 is 1.60 bits per heavy atom. The number of Topliss-reactive ketones (excluding diaryl/α,β-unsaturated/α-hetero) is 1. The van der Waals surface area contributed by atoms with Crippen LogP contribution in [0.3, 0.4) is 0 Å². The van der Waals surface area contributed by atoms with Crippen molar-refractivity contribution in [3.63, 3.8) is 0 Å². The van der Waals surface area contributed by atoms with E-state index in [9.17, 15) is 28.8 Å². The van der Waals surface area contributed by atoms with Crippen LogP contribution in [0, 0.1) is 28.6 Å². The molecule has 5 N–H and O–H groups in total. The zero-order valence-electron chi connectivity index (χ0n) is 25.7. The highest BCUT2D eigenvalue weighted by Gasteiger charge is 2.70. The van der Waals surface area contributed by atoms with Crippen molar-refractivity contribution in [2.75, 3.05) is 26.2 Å². The molecular formula is C30H48N6O6. The molecule has 1 unspecified atom stereocenters. The number of rotatable bonds is 10. The number of nitrogens with one attached hydrogen (secondary N) is 3. The van der Waals surface area contributed by atoms with E-state index in [4.69, 9.17) is 5.73 Å². The van der Waals surface area contributed by atoms with Gasteiger partial charge in [-0.05, 0) is 54.3 Å². The van der Waals surface area contributed by atoms with Gasteiger partial charge in [0, 0.05) is 19.6 Å². The number of amides is 6. The molecule has 42 heavy (non-hydrogen) atoms. The number of ketones is 1. The van der Waals surface area contributed by atoms with E-state index in [0.29, 0.717) is 26.1 Å². The summed E-state index contributed by atoms with van der Waals surface area (Å²) >= 11 is 0. The fourth-order valence-corrected chi connectivity index (χ4v) is 6.94. The number of likely N-dealkylation sites (tertiary alicyclic amines) is 2. The molecule has 2 saturated heterocycles. The summed E-state index contributed by atoms with van der Waals surface area (Å²) in [6.07, 6.45) is 6.21. The van der Waals surface area contributed by atoms with Crippen LogP contribution in [0.4, 0.5) is 4.79 Å². The lowest BCUT2D eigenvalue weighted by Crippen LogP contribution is -2.61. The second-order valence-corrected chi connectivity index (χ2v) is 14.3. The first kappa shape index (κ1) is 31.7. The zero-order chi connectivity index (χ0) is 31.0. The Balaban J connectivity index is 1.46. The Bertz CT molecular complexity index is 1110. The van der Waals surface area contributed by atoms with Gasteiger partial charge in [-0.1, -0.05) is 53.9 Å². The van der Waals surface area contributed by atoms with Crippen LogP contribution in [-0.4, -0.2) is 89.5 Å². The minimum Gasteiger partial charge on any atom is -0.363 e. The van der Waals surface area contributed by atoms with E-state index < -0.39 is 53.1 Å². The van der Waals surface area contributed by atoms with Gasteiger partial charge in [0.25, 0.3) is 5.91 Å². The van der Waals surface area contributed by atoms with Gasteiger partial charge < -0.3 is 31.5 Å². The van der Waals surface area contributed by atoms with Gasteiger partial charge in [-0.15, -0.1) is 0 Å². The summed E-state index contributed by atoms with van der Waals surface area (Å²) < 4.78 is 0. The highest BCUT2D eigenvalue weighted by molar-refractivity contribution is 6.37. The summed E-state index contributed by atoms with van der Waals surface area (Å²) in [4.78, 5) is 80.9. The summed E-state index contributed by atoms with van der Waals surface area (Å²) in [7, 11) is 0. The minimum absolute atomic E-state index is 0.0886. The first-order valence-corrected chi connectivity index (χ1v) is 15.4. The molecule has 2 aliphatic heterocycles. The van der Waals surface area contributed by atoms with Gasteiger partial charge in [-0.2, -0.15) is 0 Å². The molecule has 12 heteroatoms. The van der Waals surface area contributed by atoms with Crippen LogP contribution < -0.4 is 21.7 Å². The summed E-state index contributed by atoms with van der Waals surface area (Å²) in [5.41, 5.74) is 4.42. The lowest BCUT2D eigenvalue weighted by Gasteiger charge is -2.38. The third-order valence-electron chi connectivity index (χ3n) is 9.93. The quantitative estimate of drug-likeness (QED) is 0.277. The molecule has 0 aromatic rings. The molecule has 2 heterocycles. The minimum atomic E-state index is -1.09. The van der Waals surface area contributed by atoms with Crippen LogP contribution in [0.25, 0.3) is 0 Å². The molecule has 4 fully saturated rings. The number of primary amides is 1. The normalized spacial score (nSPS) is 26.3. The molecule has 6 amide bonds. The van der Waals surface area contributed by atoms with E-state index in [1.54, 1.807) is 4.90 Å². The fraction of sp³-hybridized carbons (Fsp3) is 0.800. The van der Waals surface area contributed by atoms with Crippen molar-refractivity contribution in [2.24, 2.45) is 34.3 Å². The van der Waals surface area contributed by atoms with E-state index in [1.807, 2.05) is 20.8 Å². The average molecular weight is 589 g/mol. The lowest BCUT2D eigenvalue weighted by molar-refractivity contribution is -0.145. The largest absolute Gasteiger partial charge is 0.363 e. The molecule has 4 aliphatic rings. The number of hydrogen-bond donors (Lipinski definition) is 4. The second kappa shape index (κ2) is 12.2. The Morgan fingerprint density at radius 3 is 2.14 bits per heavy atom. The van der Waals surface area contributed by atoms with E-state index >= 15 is 0 Å². The fourth-order valence-electron chi connectivity index (χ4n) is 6.94. The Labute approximate surface area is 248 Å². The molecule has 4 rings (SSSR count). The topological polar surface area (TPSA) is 171 Å². The van der Waals surface area contributed by atoms with Gasteiger partial charge in [0.15, 0.2) is 0 Å². The summed E-state index contributed by atoms with van der Waals surface area (Å²) in [5.74, 6) is -2.77. The Kier molecular flexibility index (Phi) is 9.22. The van der Waals surface area contributed by atoms with E-state index in [1.165, 1.54) is 4.90 Å². The van der Waals surface area contributed by atoms with Crippen molar-refractivity contribution < 1.29 is 28.8 Å². The van der Waals surface area contributed by atoms with Gasteiger partial charge in [0.1, 0.15) is 12.1 Å². The molecule has 0 aromatic heterocycles. The summed E-state index contributed by atoms with van der Waals surface area (Å²) in [6, 6.07) is -3.49. The van der Waals surface area contributed by atoms with Crippen molar-refractivity contribution in [3.8, 4) is 0 Å². The highest BCUT2D eigenvalue weighted by atomic mass is 16.2. The van der Waals surface area contributed by atoms with E-state index in [-0.39, 0.29) is 35.6 Å². The molecule has 0 bridgehead atoms. The van der Waals surface area contributed by atoms with Crippen LogP contribution in [0.1, 0.15) is 79.6 Å². The number of nitrogens with zero attached hydrogens (tertiary/aromatic N) is 2. The average Bonchev–Trinajstić information content (AvgIpc) is 3.22.